The molecule has 104 valence electrons. The minimum atomic E-state index is -0.290. The minimum absolute atomic E-state index is 0.290. The number of benzene rings is 2. The molecule has 0 bridgehead atoms. The van der Waals surface area contributed by atoms with Gasteiger partial charge in [0.1, 0.15) is 5.82 Å². The molecule has 0 aliphatic rings. The molecule has 2 N–H and O–H groups in total. The number of halogens is 3. The van der Waals surface area contributed by atoms with Crippen molar-refractivity contribution in [2.45, 2.75) is 6.92 Å². The summed E-state index contributed by atoms with van der Waals surface area (Å²) in [5.41, 5.74) is 1.77. The van der Waals surface area contributed by atoms with E-state index in [1.165, 1.54) is 6.07 Å². The molecule has 0 aliphatic heterocycles. The fourth-order valence-electron chi connectivity index (χ4n) is 1.55. The molecular formula is C14H11Cl2FN2S. The van der Waals surface area contributed by atoms with Crippen molar-refractivity contribution in [3.05, 3.63) is 57.8 Å². The summed E-state index contributed by atoms with van der Waals surface area (Å²) >= 11 is 17.0. The van der Waals surface area contributed by atoms with Crippen LogP contribution >= 0.6 is 35.4 Å². The minimum Gasteiger partial charge on any atom is -0.332 e. The van der Waals surface area contributed by atoms with Crippen LogP contribution in [0.1, 0.15) is 5.56 Å². The van der Waals surface area contributed by atoms with Gasteiger partial charge in [0.2, 0.25) is 0 Å². The number of aryl methyl sites for hydroxylation is 1. The molecule has 0 heterocycles. The van der Waals surface area contributed by atoms with E-state index in [-0.39, 0.29) is 5.82 Å². The van der Waals surface area contributed by atoms with Gasteiger partial charge in [-0.25, -0.2) is 4.39 Å². The van der Waals surface area contributed by atoms with Crippen LogP contribution in [0.15, 0.2) is 36.4 Å². The number of anilines is 2. The van der Waals surface area contributed by atoms with Crippen LogP contribution in [0.25, 0.3) is 0 Å². The van der Waals surface area contributed by atoms with Crippen LogP contribution in [-0.4, -0.2) is 5.11 Å². The monoisotopic (exact) mass is 328 g/mol. The average Bonchev–Trinajstić information content (AvgIpc) is 2.37. The Labute approximate surface area is 131 Å². The Kier molecular flexibility index (Phi) is 4.81. The first-order valence-electron chi connectivity index (χ1n) is 5.75. The van der Waals surface area contributed by atoms with E-state index in [1.807, 2.05) is 0 Å². The molecule has 20 heavy (non-hydrogen) atoms. The summed E-state index contributed by atoms with van der Waals surface area (Å²) in [6.07, 6.45) is 0. The zero-order valence-corrected chi connectivity index (χ0v) is 12.8. The van der Waals surface area contributed by atoms with Gasteiger partial charge in [-0.2, -0.15) is 0 Å². The molecule has 6 heteroatoms. The van der Waals surface area contributed by atoms with Crippen LogP contribution in [0.3, 0.4) is 0 Å². The molecule has 2 aromatic rings. The molecule has 0 aliphatic carbocycles. The number of hydrogen-bond donors (Lipinski definition) is 2. The second-order valence-corrected chi connectivity index (χ2v) is 5.42. The highest BCUT2D eigenvalue weighted by atomic mass is 35.5. The Balaban J connectivity index is 2.07. The standard InChI is InChI=1S/C14H11Cl2FN2S/c1-8-2-4-10(7-12(8)17)18-14(20)19-13-5-3-9(15)6-11(13)16/h2-7H,1H3,(H2,18,19,20). The van der Waals surface area contributed by atoms with Gasteiger partial charge in [0.25, 0.3) is 0 Å². The van der Waals surface area contributed by atoms with Crippen molar-refractivity contribution in [2.75, 3.05) is 10.6 Å². The molecule has 0 radical (unpaired) electrons. The zero-order chi connectivity index (χ0) is 14.7. The Morgan fingerprint density at radius 1 is 1.10 bits per heavy atom. The summed E-state index contributed by atoms with van der Waals surface area (Å²) < 4.78 is 13.4. The van der Waals surface area contributed by atoms with E-state index in [4.69, 9.17) is 35.4 Å². The van der Waals surface area contributed by atoms with Crippen molar-refractivity contribution in [1.29, 1.82) is 0 Å². The van der Waals surface area contributed by atoms with Gasteiger partial charge in [-0.15, -0.1) is 0 Å². The number of hydrogen-bond acceptors (Lipinski definition) is 1. The maximum atomic E-state index is 13.4. The van der Waals surface area contributed by atoms with Crippen LogP contribution in [0.4, 0.5) is 15.8 Å². The van der Waals surface area contributed by atoms with Gasteiger partial charge in [0, 0.05) is 10.7 Å². The lowest BCUT2D eigenvalue weighted by atomic mass is 10.2. The fourth-order valence-corrected chi connectivity index (χ4v) is 2.23. The first-order valence-corrected chi connectivity index (χ1v) is 6.91. The molecule has 0 fully saturated rings. The largest absolute Gasteiger partial charge is 0.332 e. The Hall–Kier alpha value is -1.36. The Morgan fingerprint density at radius 2 is 1.85 bits per heavy atom. The van der Waals surface area contributed by atoms with Crippen molar-refractivity contribution in [3.8, 4) is 0 Å². The van der Waals surface area contributed by atoms with Crippen molar-refractivity contribution in [1.82, 2.24) is 0 Å². The molecule has 0 saturated carbocycles. The molecular weight excluding hydrogens is 318 g/mol. The first-order chi connectivity index (χ1) is 9.45. The van der Waals surface area contributed by atoms with Gasteiger partial charge in [0.15, 0.2) is 5.11 Å². The zero-order valence-electron chi connectivity index (χ0n) is 10.5. The first kappa shape index (κ1) is 15.0. The highest BCUT2D eigenvalue weighted by molar-refractivity contribution is 7.80. The maximum absolute atomic E-state index is 13.4. The molecule has 2 aromatic carbocycles. The highest BCUT2D eigenvalue weighted by Gasteiger charge is 2.05. The smallest absolute Gasteiger partial charge is 0.175 e. The average molecular weight is 329 g/mol. The molecule has 2 rings (SSSR count). The lowest BCUT2D eigenvalue weighted by Crippen LogP contribution is -2.19. The van der Waals surface area contributed by atoms with Crippen molar-refractivity contribution in [2.24, 2.45) is 0 Å². The number of nitrogens with one attached hydrogen (secondary N) is 2. The van der Waals surface area contributed by atoms with E-state index in [9.17, 15) is 4.39 Å². The third-order valence-electron chi connectivity index (χ3n) is 2.61. The normalized spacial score (nSPS) is 10.2. The van der Waals surface area contributed by atoms with E-state index < -0.39 is 0 Å². The second-order valence-electron chi connectivity index (χ2n) is 4.17. The van der Waals surface area contributed by atoms with Gasteiger partial charge in [-0.05, 0) is 55.0 Å². The topological polar surface area (TPSA) is 24.1 Å². The number of thiocarbonyl (C=S) groups is 1. The van der Waals surface area contributed by atoms with Crippen LogP contribution in [-0.2, 0) is 0 Å². The molecule has 0 spiro atoms. The summed E-state index contributed by atoms with van der Waals surface area (Å²) in [4.78, 5) is 0. The second kappa shape index (κ2) is 6.39. The van der Waals surface area contributed by atoms with E-state index in [0.717, 1.165) is 0 Å². The van der Waals surface area contributed by atoms with E-state index in [1.54, 1.807) is 37.3 Å². The van der Waals surface area contributed by atoms with Crippen LogP contribution in [0.2, 0.25) is 10.0 Å². The predicted molar refractivity (Wildman–Crippen MR) is 87.4 cm³/mol. The molecule has 0 unspecified atom stereocenters. The molecule has 0 atom stereocenters. The summed E-state index contributed by atoms with van der Waals surface area (Å²) in [5, 5.41) is 7.13. The number of rotatable bonds is 2. The van der Waals surface area contributed by atoms with E-state index in [0.29, 0.717) is 32.1 Å². The molecule has 2 nitrogen and oxygen atoms in total. The summed E-state index contributed by atoms with van der Waals surface area (Å²) in [7, 11) is 0. The lowest BCUT2D eigenvalue weighted by molar-refractivity contribution is 0.619. The third-order valence-corrected chi connectivity index (χ3v) is 3.36. The van der Waals surface area contributed by atoms with Gasteiger partial charge in [0.05, 0.1) is 10.7 Å². The van der Waals surface area contributed by atoms with Crippen LogP contribution < -0.4 is 10.6 Å². The Bertz CT molecular complexity index is 662. The van der Waals surface area contributed by atoms with Gasteiger partial charge >= 0.3 is 0 Å². The summed E-state index contributed by atoms with van der Waals surface area (Å²) in [6.45, 7) is 1.70. The van der Waals surface area contributed by atoms with Crippen LogP contribution in [0, 0.1) is 12.7 Å². The highest BCUT2D eigenvalue weighted by Crippen LogP contribution is 2.25. The molecule has 0 saturated heterocycles. The maximum Gasteiger partial charge on any atom is 0.175 e. The Morgan fingerprint density at radius 3 is 2.50 bits per heavy atom. The lowest BCUT2D eigenvalue weighted by Gasteiger charge is -2.12. The van der Waals surface area contributed by atoms with Crippen molar-refractivity contribution in [3.63, 3.8) is 0 Å². The van der Waals surface area contributed by atoms with Crippen molar-refractivity contribution < 1.29 is 4.39 Å². The van der Waals surface area contributed by atoms with E-state index >= 15 is 0 Å². The van der Waals surface area contributed by atoms with Gasteiger partial charge in [-0.3, -0.25) is 0 Å². The van der Waals surface area contributed by atoms with Gasteiger partial charge in [-0.1, -0.05) is 29.3 Å². The molecule has 0 amide bonds. The van der Waals surface area contributed by atoms with E-state index in [2.05, 4.69) is 10.6 Å². The fraction of sp³-hybridized carbons (Fsp3) is 0.0714. The van der Waals surface area contributed by atoms with Crippen LogP contribution in [0.5, 0.6) is 0 Å². The predicted octanol–water partition coefficient (Wildman–Crippen LogP) is 5.25. The SMILES string of the molecule is Cc1ccc(NC(=S)Nc2ccc(Cl)cc2Cl)cc1F. The van der Waals surface area contributed by atoms with Gasteiger partial charge < -0.3 is 10.6 Å². The third kappa shape index (κ3) is 3.82. The van der Waals surface area contributed by atoms with Crippen molar-refractivity contribution >= 4 is 51.9 Å². The summed E-state index contributed by atoms with van der Waals surface area (Å²) in [6, 6.07) is 9.83. The quantitative estimate of drug-likeness (QED) is 0.736. The summed E-state index contributed by atoms with van der Waals surface area (Å²) in [5.74, 6) is -0.290. The molecule has 0 aromatic heterocycles.